The summed E-state index contributed by atoms with van der Waals surface area (Å²) in [4.78, 5) is 20.4. The third-order valence-electron chi connectivity index (χ3n) is 0.610. The number of thioether (sulfide) groups is 1. The van der Waals surface area contributed by atoms with Gasteiger partial charge in [0.25, 0.3) is 5.12 Å². The van der Waals surface area contributed by atoms with Gasteiger partial charge < -0.3 is 4.74 Å². The molecular formula is C4H2O3S. The molecule has 0 N–H and O–H groups in total. The first kappa shape index (κ1) is 5.37. The first-order valence-corrected chi connectivity index (χ1v) is 2.64. The van der Waals surface area contributed by atoms with E-state index in [1.54, 1.807) is 0 Å². The van der Waals surface area contributed by atoms with E-state index < -0.39 is 10.4 Å². The van der Waals surface area contributed by atoms with E-state index in [1.165, 1.54) is 0 Å². The van der Waals surface area contributed by atoms with Crippen molar-refractivity contribution in [3.05, 3.63) is 12.3 Å². The molecule has 1 aliphatic heterocycles. The third-order valence-corrected chi connectivity index (χ3v) is 1.27. The number of ether oxygens (including phenoxy) is 1. The van der Waals surface area contributed by atoms with Crippen molar-refractivity contribution in [3.63, 3.8) is 0 Å². The van der Waals surface area contributed by atoms with Crippen LogP contribution in [0.4, 0.5) is 4.79 Å². The van der Waals surface area contributed by atoms with Gasteiger partial charge in [0.15, 0.2) is 5.76 Å². The summed E-state index contributed by atoms with van der Waals surface area (Å²) in [6, 6.07) is 0. The van der Waals surface area contributed by atoms with Crippen LogP contribution in [0.25, 0.3) is 0 Å². The van der Waals surface area contributed by atoms with E-state index in [1.807, 2.05) is 0 Å². The minimum atomic E-state index is -0.583. The van der Waals surface area contributed by atoms with Crippen molar-refractivity contribution in [1.29, 1.82) is 0 Å². The molecule has 0 aliphatic carbocycles. The molecule has 0 aromatic rings. The van der Waals surface area contributed by atoms with Crippen LogP contribution in [0.15, 0.2) is 12.3 Å². The predicted octanol–water partition coefficient (Wildman–Crippen LogP) is 0.910. The minimum absolute atomic E-state index is 0.0694. The zero-order chi connectivity index (χ0) is 6.15. The molecule has 0 amide bonds. The van der Waals surface area contributed by atoms with E-state index >= 15 is 0 Å². The Hall–Kier alpha value is -0.770. The highest BCUT2D eigenvalue weighted by atomic mass is 32.2. The number of rotatable bonds is 0. The third kappa shape index (κ3) is 0.742. The van der Waals surface area contributed by atoms with Crippen LogP contribution in [-0.2, 0) is 9.53 Å². The Balaban J connectivity index is 2.79. The van der Waals surface area contributed by atoms with Crippen LogP contribution >= 0.6 is 11.8 Å². The average Bonchev–Trinajstić information content (AvgIpc) is 1.85. The lowest BCUT2D eigenvalue weighted by atomic mass is 10.6. The summed E-state index contributed by atoms with van der Waals surface area (Å²) < 4.78 is 4.25. The maximum absolute atomic E-state index is 10.3. The van der Waals surface area contributed by atoms with Crippen molar-refractivity contribution in [2.24, 2.45) is 0 Å². The van der Waals surface area contributed by atoms with Crippen LogP contribution in [0.3, 0.4) is 0 Å². The predicted molar refractivity (Wildman–Crippen MR) is 28.2 cm³/mol. The molecule has 1 aliphatic rings. The Labute approximate surface area is 49.7 Å². The monoisotopic (exact) mass is 130 g/mol. The molecule has 0 atom stereocenters. The standard InChI is InChI=1S/C4H2O3S/c1-2-3(5)8-4(6)7-2/h1H2. The van der Waals surface area contributed by atoms with E-state index in [4.69, 9.17) is 0 Å². The topological polar surface area (TPSA) is 43.4 Å². The highest BCUT2D eigenvalue weighted by Gasteiger charge is 2.26. The largest absolute Gasteiger partial charge is 0.414 e. The number of cyclic esters (lactones) is 1. The Morgan fingerprint density at radius 1 is 1.50 bits per heavy atom. The number of hydrogen-bond donors (Lipinski definition) is 0. The maximum Gasteiger partial charge on any atom is 0.380 e. The molecule has 0 radical (unpaired) electrons. The summed E-state index contributed by atoms with van der Waals surface area (Å²) in [7, 11) is 0. The van der Waals surface area contributed by atoms with Crippen LogP contribution in [0.1, 0.15) is 0 Å². The fourth-order valence-electron chi connectivity index (χ4n) is 0.296. The van der Waals surface area contributed by atoms with Gasteiger partial charge in [-0.2, -0.15) is 0 Å². The summed E-state index contributed by atoms with van der Waals surface area (Å²) in [5.74, 6) is -0.0694. The molecule has 4 heteroatoms. The molecule has 0 unspecified atom stereocenters. The molecule has 0 spiro atoms. The lowest BCUT2D eigenvalue weighted by molar-refractivity contribution is -0.109. The molecular weight excluding hydrogens is 128 g/mol. The lowest BCUT2D eigenvalue weighted by Crippen LogP contribution is -1.85. The first-order valence-electron chi connectivity index (χ1n) is 1.83. The molecule has 1 heterocycles. The van der Waals surface area contributed by atoms with Crippen molar-refractivity contribution in [1.82, 2.24) is 0 Å². The minimum Gasteiger partial charge on any atom is -0.414 e. The summed E-state index contributed by atoms with van der Waals surface area (Å²) in [6.07, 6.45) is 0. The quantitative estimate of drug-likeness (QED) is 0.361. The smallest absolute Gasteiger partial charge is 0.380 e. The Morgan fingerprint density at radius 3 is 2.25 bits per heavy atom. The van der Waals surface area contributed by atoms with E-state index in [0.29, 0.717) is 11.8 Å². The Morgan fingerprint density at radius 2 is 2.12 bits per heavy atom. The van der Waals surface area contributed by atoms with Gasteiger partial charge in [-0.25, -0.2) is 4.79 Å². The van der Waals surface area contributed by atoms with Crippen molar-refractivity contribution < 1.29 is 14.3 Å². The molecule has 0 aromatic carbocycles. The second kappa shape index (κ2) is 1.63. The van der Waals surface area contributed by atoms with Gasteiger partial charge in [-0.1, -0.05) is 6.58 Å². The van der Waals surface area contributed by atoms with E-state index in [-0.39, 0.29) is 5.76 Å². The van der Waals surface area contributed by atoms with Crippen molar-refractivity contribution in [2.45, 2.75) is 0 Å². The van der Waals surface area contributed by atoms with Gasteiger partial charge in [-0.3, -0.25) is 4.79 Å². The fraction of sp³-hybridized carbons (Fsp3) is 0. The second-order valence-corrected chi connectivity index (χ2v) is 2.07. The Bertz CT molecular complexity index is 154. The maximum atomic E-state index is 10.3. The molecule has 0 bridgehead atoms. The molecule has 1 rings (SSSR count). The second-order valence-electron chi connectivity index (χ2n) is 1.16. The van der Waals surface area contributed by atoms with Gasteiger partial charge in [0.05, 0.1) is 0 Å². The van der Waals surface area contributed by atoms with E-state index in [0.717, 1.165) is 0 Å². The fourth-order valence-corrected chi connectivity index (χ4v) is 0.745. The van der Waals surface area contributed by atoms with Gasteiger partial charge >= 0.3 is 5.30 Å². The lowest BCUT2D eigenvalue weighted by Gasteiger charge is -1.82. The highest BCUT2D eigenvalue weighted by molar-refractivity contribution is 8.26. The molecule has 0 saturated carbocycles. The molecule has 0 aromatic heterocycles. The molecule has 3 nitrogen and oxygen atoms in total. The zero-order valence-electron chi connectivity index (χ0n) is 3.84. The zero-order valence-corrected chi connectivity index (χ0v) is 4.66. The summed E-state index contributed by atoms with van der Waals surface area (Å²) in [5.41, 5.74) is 0. The van der Waals surface area contributed by atoms with Crippen LogP contribution in [0.2, 0.25) is 0 Å². The summed E-state index contributed by atoms with van der Waals surface area (Å²) in [5, 5.41) is -0.977. The van der Waals surface area contributed by atoms with E-state index in [9.17, 15) is 9.59 Å². The highest BCUT2D eigenvalue weighted by Crippen LogP contribution is 2.22. The molecule has 8 heavy (non-hydrogen) atoms. The SMILES string of the molecule is C=C1OC(=O)SC1=O. The van der Waals surface area contributed by atoms with Gasteiger partial charge in [-0.15, -0.1) is 0 Å². The van der Waals surface area contributed by atoms with Gasteiger partial charge in [0.2, 0.25) is 0 Å². The molecule has 42 valence electrons. The molecule has 1 fully saturated rings. The van der Waals surface area contributed by atoms with Crippen molar-refractivity contribution in [3.8, 4) is 0 Å². The summed E-state index contributed by atoms with van der Waals surface area (Å²) >= 11 is 0.529. The van der Waals surface area contributed by atoms with Gasteiger partial charge in [0, 0.05) is 11.8 Å². The summed E-state index contributed by atoms with van der Waals surface area (Å²) in [6.45, 7) is 3.17. The van der Waals surface area contributed by atoms with Crippen molar-refractivity contribution in [2.75, 3.05) is 0 Å². The number of hydrogen-bond acceptors (Lipinski definition) is 4. The van der Waals surface area contributed by atoms with Crippen LogP contribution < -0.4 is 0 Å². The number of carbonyl (C=O) groups excluding carboxylic acids is 2. The molecule has 1 saturated heterocycles. The van der Waals surface area contributed by atoms with Gasteiger partial charge in [0.1, 0.15) is 0 Å². The normalized spacial score (nSPS) is 19.2. The average molecular weight is 130 g/mol. The van der Waals surface area contributed by atoms with Gasteiger partial charge in [-0.05, 0) is 0 Å². The van der Waals surface area contributed by atoms with Crippen LogP contribution in [-0.4, -0.2) is 10.4 Å². The Kier molecular flexibility index (Phi) is 1.09. The number of carbonyl (C=O) groups is 2. The van der Waals surface area contributed by atoms with E-state index in [2.05, 4.69) is 11.3 Å². The first-order chi connectivity index (χ1) is 3.70. The van der Waals surface area contributed by atoms with Crippen LogP contribution in [0, 0.1) is 0 Å². The van der Waals surface area contributed by atoms with Crippen LogP contribution in [0.5, 0.6) is 0 Å². The van der Waals surface area contributed by atoms with Crippen molar-refractivity contribution >= 4 is 22.2 Å².